The van der Waals surface area contributed by atoms with Crippen LogP contribution < -0.4 is 4.74 Å². The summed E-state index contributed by atoms with van der Waals surface area (Å²) >= 11 is 1.60. The van der Waals surface area contributed by atoms with Gasteiger partial charge in [-0.05, 0) is 54.6 Å². The van der Waals surface area contributed by atoms with Crippen molar-refractivity contribution < 1.29 is 14.6 Å². The summed E-state index contributed by atoms with van der Waals surface area (Å²) in [6, 6.07) is 9.49. The van der Waals surface area contributed by atoms with Crippen molar-refractivity contribution in [3.63, 3.8) is 0 Å². The van der Waals surface area contributed by atoms with Gasteiger partial charge in [-0.25, -0.2) is 9.48 Å². The zero-order valence-corrected chi connectivity index (χ0v) is 14.6. The van der Waals surface area contributed by atoms with E-state index in [9.17, 15) is 9.90 Å². The molecule has 0 bridgehead atoms. The summed E-state index contributed by atoms with van der Waals surface area (Å²) in [4.78, 5) is 12.6. The van der Waals surface area contributed by atoms with Crippen LogP contribution in [-0.4, -0.2) is 28.0 Å². The van der Waals surface area contributed by atoms with E-state index in [0.717, 1.165) is 33.1 Å². The van der Waals surface area contributed by atoms with Crippen molar-refractivity contribution >= 4 is 17.3 Å². The number of thiophene rings is 1. The molecule has 3 aromatic rings. The Morgan fingerprint density at radius 3 is 2.54 bits per heavy atom. The summed E-state index contributed by atoms with van der Waals surface area (Å²) in [5, 5.41) is 16.0. The predicted molar refractivity (Wildman–Crippen MR) is 94.5 cm³/mol. The fraction of sp³-hybridized carbons (Fsp3) is 0.222. The first-order valence-corrected chi connectivity index (χ1v) is 8.48. The Labute approximate surface area is 144 Å². The third-order valence-electron chi connectivity index (χ3n) is 3.82. The molecule has 0 radical (unpaired) electrons. The second-order valence-corrected chi connectivity index (χ2v) is 6.34. The molecule has 0 saturated carbocycles. The lowest BCUT2D eigenvalue weighted by molar-refractivity contribution is 0.0689. The van der Waals surface area contributed by atoms with Gasteiger partial charge in [-0.2, -0.15) is 5.10 Å². The number of aromatic carboxylic acids is 1. The normalized spacial score (nSPS) is 10.8. The van der Waals surface area contributed by atoms with E-state index in [1.807, 2.05) is 38.1 Å². The first-order valence-electron chi connectivity index (χ1n) is 7.60. The van der Waals surface area contributed by atoms with E-state index >= 15 is 0 Å². The molecule has 0 aliphatic carbocycles. The number of aromatic nitrogens is 2. The summed E-state index contributed by atoms with van der Waals surface area (Å²) in [6.07, 6.45) is 0.601. The number of benzene rings is 1. The molecule has 0 spiro atoms. The molecule has 24 heavy (non-hydrogen) atoms. The molecular weight excluding hydrogens is 324 g/mol. The highest BCUT2D eigenvalue weighted by molar-refractivity contribution is 7.13. The standard InChI is InChI=1S/C18H18N2O3S/c1-4-14-16(18(21)22)19-20(12-5-7-13(23-3)8-6-12)17(14)15-9-11(2)10-24-15/h5-10H,4H2,1-3H3,(H,21,22). The number of ether oxygens (including phenoxy) is 1. The molecule has 0 aliphatic rings. The summed E-state index contributed by atoms with van der Waals surface area (Å²) in [6.45, 7) is 3.98. The van der Waals surface area contributed by atoms with Gasteiger partial charge >= 0.3 is 5.97 Å². The van der Waals surface area contributed by atoms with Crippen molar-refractivity contribution in [3.05, 3.63) is 52.5 Å². The molecule has 5 nitrogen and oxygen atoms in total. The minimum Gasteiger partial charge on any atom is -0.497 e. The Morgan fingerprint density at radius 1 is 1.33 bits per heavy atom. The predicted octanol–water partition coefficient (Wildman–Crippen LogP) is 4.18. The maximum absolute atomic E-state index is 11.6. The molecular formula is C18H18N2O3S. The molecule has 2 heterocycles. The Hall–Kier alpha value is -2.60. The van der Waals surface area contributed by atoms with Gasteiger partial charge in [-0.15, -0.1) is 11.3 Å². The zero-order valence-electron chi connectivity index (χ0n) is 13.7. The van der Waals surface area contributed by atoms with Crippen molar-refractivity contribution in [1.82, 2.24) is 9.78 Å². The van der Waals surface area contributed by atoms with E-state index in [4.69, 9.17) is 4.74 Å². The number of methoxy groups -OCH3 is 1. The fourth-order valence-electron chi connectivity index (χ4n) is 2.68. The van der Waals surface area contributed by atoms with Crippen LogP contribution in [0.3, 0.4) is 0 Å². The van der Waals surface area contributed by atoms with Gasteiger partial charge in [-0.3, -0.25) is 0 Å². The van der Waals surface area contributed by atoms with Gasteiger partial charge in [0.25, 0.3) is 0 Å². The smallest absolute Gasteiger partial charge is 0.356 e. The molecule has 0 unspecified atom stereocenters. The van der Waals surface area contributed by atoms with E-state index < -0.39 is 5.97 Å². The average molecular weight is 342 g/mol. The van der Waals surface area contributed by atoms with E-state index in [1.54, 1.807) is 23.1 Å². The van der Waals surface area contributed by atoms with Gasteiger partial charge in [0.05, 0.1) is 23.4 Å². The summed E-state index contributed by atoms with van der Waals surface area (Å²) in [5.74, 6) is -0.262. The van der Waals surface area contributed by atoms with E-state index in [2.05, 4.69) is 16.5 Å². The van der Waals surface area contributed by atoms with E-state index in [1.165, 1.54) is 0 Å². The van der Waals surface area contributed by atoms with Crippen LogP contribution in [0.25, 0.3) is 16.3 Å². The van der Waals surface area contributed by atoms with Crippen LogP contribution in [0.15, 0.2) is 35.7 Å². The minimum atomic E-state index is -1.01. The molecule has 1 aromatic carbocycles. The molecule has 0 atom stereocenters. The highest BCUT2D eigenvalue weighted by Gasteiger charge is 2.24. The first kappa shape index (κ1) is 16.3. The average Bonchev–Trinajstić information content (AvgIpc) is 3.18. The molecule has 6 heteroatoms. The first-order chi connectivity index (χ1) is 11.5. The Balaban J connectivity index is 2.25. The number of carboxylic acid groups (broad SMARTS) is 1. The SMILES string of the molecule is CCc1c(C(=O)O)nn(-c2ccc(OC)cc2)c1-c1cc(C)cs1. The molecule has 0 amide bonds. The van der Waals surface area contributed by atoms with Gasteiger partial charge in [0.1, 0.15) is 5.75 Å². The number of rotatable bonds is 5. The third kappa shape index (κ3) is 2.80. The Kier molecular flexibility index (Phi) is 4.40. The molecule has 1 N–H and O–H groups in total. The lowest BCUT2D eigenvalue weighted by atomic mass is 10.1. The molecule has 124 valence electrons. The van der Waals surface area contributed by atoms with Gasteiger partial charge in [0, 0.05) is 5.56 Å². The van der Waals surface area contributed by atoms with E-state index in [0.29, 0.717) is 6.42 Å². The maximum Gasteiger partial charge on any atom is 0.356 e. The van der Waals surface area contributed by atoms with Gasteiger partial charge in [0.15, 0.2) is 5.69 Å². The van der Waals surface area contributed by atoms with Crippen molar-refractivity contribution in [1.29, 1.82) is 0 Å². The summed E-state index contributed by atoms with van der Waals surface area (Å²) in [5.41, 5.74) is 3.66. The topological polar surface area (TPSA) is 64.3 Å². The molecule has 2 aromatic heterocycles. The highest BCUT2D eigenvalue weighted by atomic mass is 32.1. The van der Waals surface area contributed by atoms with Crippen molar-refractivity contribution in [3.8, 4) is 22.0 Å². The van der Waals surface area contributed by atoms with Crippen molar-refractivity contribution in [2.75, 3.05) is 7.11 Å². The lowest BCUT2D eigenvalue weighted by Crippen LogP contribution is -2.02. The Morgan fingerprint density at radius 2 is 2.04 bits per heavy atom. The number of hydrogen-bond acceptors (Lipinski definition) is 4. The van der Waals surface area contributed by atoms with Crippen LogP contribution in [0.4, 0.5) is 0 Å². The number of hydrogen-bond donors (Lipinski definition) is 1. The maximum atomic E-state index is 11.6. The zero-order chi connectivity index (χ0) is 17.3. The lowest BCUT2D eigenvalue weighted by Gasteiger charge is -2.08. The molecule has 0 aliphatic heterocycles. The summed E-state index contributed by atoms with van der Waals surface area (Å²) in [7, 11) is 1.61. The summed E-state index contributed by atoms with van der Waals surface area (Å²) < 4.78 is 6.91. The number of aryl methyl sites for hydroxylation is 1. The minimum absolute atomic E-state index is 0.106. The third-order valence-corrected chi connectivity index (χ3v) is 4.88. The molecule has 0 saturated heterocycles. The van der Waals surface area contributed by atoms with Crippen LogP contribution in [0.5, 0.6) is 5.75 Å². The number of carbonyl (C=O) groups is 1. The van der Waals surface area contributed by atoms with Crippen LogP contribution in [0.1, 0.15) is 28.5 Å². The quantitative estimate of drug-likeness (QED) is 0.755. The second kappa shape index (κ2) is 6.49. The van der Waals surface area contributed by atoms with Gasteiger partial charge in [0.2, 0.25) is 0 Å². The highest BCUT2D eigenvalue weighted by Crippen LogP contribution is 2.34. The van der Waals surface area contributed by atoms with Crippen LogP contribution in [0, 0.1) is 6.92 Å². The number of carboxylic acids is 1. The van der Waals surface area contributed by atoms with Gasteiger partial charge < -0.3 is 9.84 Å². The monoisotopic (exact) mass is 342 g/mol. The van der Waals surface area contributed by atoms with Crippen LogP contribution in [-0.2, 0) is 6.42 Å². The van der Waals surface area contributed by atoms with E-state index in [-0.39, 0.29) is 5.69 Å². The molecule has 0 fully saturated rings. The fourth-order valence-corrected chi connectivity index (χ4v) is 3.63. The van der Waals surface area contributed by atoms with Crippen LogP contribution in [0.2, 0.25) is 0 Å². The van der Waals surface area contributed by atoms with Gasteiger partial charge in [-0.1, -0.05) is 6.92 Å². The Bertz CT molecular complexity index is 878. The van der Waals surface area contributed by atoms with Crippen molar-refractivity contribution in [2.45, 2.75) is 20.3 Å². The largest absolute Gasteiger partial charge is 0.497 e. The number of nitrogens with zero attached hydrogens (tertiary/aromatic N) is 2. The van der Waals surface area contributed by atoms with Crippen molar-refractivity contribution in [2.24, 2.45) is 0 Å². The van der Waals surface area contributed by atoms with Crippen LogP contribution >= 0.6 is 11.3 Å². The molecule has 3 rings (SSSR count). The second-order valence-electron chi connectivity index (χ2n) is 5.43.